The Kier molecular flexibility index (Phi) is 25.5. The fourth-order valence-electron chi connectivity index (χ4n) is 0.224. The molecule has 0 fully saturated rings. The first kappa shape index (κ1) is 17.9. The van der Waals surface area contributed by atoms with Crippen LogP contribution in [-0.4, -0.2) is 51.1 Å². The maximum atomic E-state index is 2.25. The van der Waals surface area contributed by atoms with E-state index in [4.69, 9.17) is 0 Å². The van der Waals surface area contributed by atoms with Crippen molar-refractivity contribution in [2.24, 2.45) is 0 Å². The van der Waals surface area contributed by atoms with Gasteiger partial charge in [0.15, 0.2) is 0 Å². The van der Waals surface area contributed by atoms with Crippen LogP contribution < -0.4 is 0 Å². The predicted molar refractivity (Wildman–Crippen MR) is 59.8 cm³/mol. The van der Waals surface area contributed by atoms with Crippen LogP contribution in [0.3, 0.4) is 0 Å². The second-order valence-corrected chi connectivity index (χ2v) is 2.83. The van der Waals surface area contributed by atoms with Gasteiger partial charge in [0.1, 0.15) is 0 Å². The molecular formula is C10H28N2. The molecule has 0 heterocycles. The van der Waals surface area contributed by atoms with E-state index in [9.17, 15) is 0 Å². The molecule has 78 valence electrons. The molecule has 2 nitrogen and oxygen atoms in total. The van der Waals surface area contributed by atoms with Gasteiger partial charge in [0.05, 0.1) is 0 Å². The maximum absolute atomic E-state index is 2.25. The molecule has 0 unspecified atom stereocenters. The monoisotopic (exact) mass is 176 g/mol. The van der Waals surface area contributed by atoms with E-state index in [1.54, 1.807) is 0 Å². The summed E-state index contributed by atoms with van der Waals surface area (Å²) in [5.74, 6) is 0. The van der Waals surface area contributed by atoms with Crippen molar-refractivity contribution in [1.29, 1.82) is 0 Å². The van der Waals surface area contributed by atoms with Gasteiger partial charge in [-0.25, -0.2) is 0 Å². The molecule has 0 aromatic rings. The van der Waals surface area contributed by atoms with Gasteiger partial charge in [-0.3, -0.25) is 0 Å². The molecule has 0 spiro atoms. The quantitative estimate of drug-likeness (QED) is 0.636. The van der Waals surface area contributed by atoms with Gasteiger partial charge in [-0.1, -0.05) is 27.7 Å². The molecule has 0 aromatic carbocycles. The van der Waals surface area contributed by atoms with Crippen molar-refractivity contribution in [3.05, 3.63) is 0 Å². The zero-order valence-electron chi connectivity index (χ0n) is 10.3. The van der Waals surface area contributed by atoms with Gasteiger partial charge in [-0.05, 0) is 41.3 Å². The van der Waals surface area contributed by atoms with E-state index in [1.165, 1.54) is 0 Å². The SMILES string of the molecule is CC.CCN(C)CC.CN(C)C. The summed E-state index contributed by atoms with van der Waals surface area (Å²) in [7, 11) is 8.11. The lowest BCUT2D eigenvalue weighted by Gasteiger charge is -2.07. The first-order valence-corrected chi connectivity index (χ1v) is 4.84. The van der Waals surface area contributed by atoms with E-state index in [1.807, 2.05) is 39.9 Å². The molecule has 2 heteroatoms. The minimum atomic E-state index is 1.16. The molecule has 0 rings (SSSR count). The third-order valence-corrected chi connectivity index (χ3v) is 1.08. The molecule has 0 aliphatic heterocycles. The van der Waals surface area contributed by atoms with Gasteiger partial charge in [-0.15, -0.1) is 0 Å². The summed E-state index contributed by atoms with van der Waals surface area (Å²) in [6, 6.07) is 0. The number of hydrogen-bond donors (Lipinski definition) is 0. The Morgan fingerprint density at radius 2 is 0.917 bits per heavy atom. The van der Waals surface area contributed by atoms with E-state index in [-0.39, 0.29) is 0 Å². The third kappa shape index (κ3) is 51.4. The van der Waals surface area contributed by atoms with Crippen molar-refractivity contribution >= 4 is 0 Å². The lowest BCUT2D eigenvalue weighted by Crippen LogP contribution is -2.15. The minimum Gasteiger partial charge on any atom is -0.312 e. The molecule has 0 aromatic heterocycles. The van der Waals surface area contributed by atoms with Crippen LogP contribution in [0.2, 0.25) is 0 Å². The molecule has 0 atom stereocenters. The molecule has 0 N–H and O–H groups in total. The smallest absolute Gasteiger partial charge is 0.00504 e. The highest BCUT2D eigenvalue weighted by atomic mass is 15.1. The first-order valence-electron chi connectivity index (χ1n) is 4.84. The van der Waals surface area contributed by atoms with Gasteiger partial charge in [0.25, 0.3) is 0 Å². The Morgan fingerprint density at radius 3 is 0.917 bits per heavy atom. The van der Waals surface area contributed by atoms with Crippen LogP contribution in [0.25, 0.3) is 0 Å². The van der Waals surface area contributed by atoms with E-state index < -0.39 is 0 Å². The Bertz CT molecular complexity index is 47.0. The van der Waals surface area contributed by atoms with Crippen LogP contribution in [0, 0.1) is 0 Å². The molecule has 0 aliphatic rings. The molecule has 0 bridgehead atoms. The lowest BCUT2D eigenvalue weighted by molar-refractivity contribution is 0.373. The zero-order valence-corrected chi connectivity index (χ0v) is 10.3. The van der Waals surface area contributed by atoms with Gasteiger partial charge < -0.3 is 9.80 Å². The van der Waals surface area contributed by atoms with Crippen molar-refractivity contribution in [3.63, 3.8) is 0 Å². The second kappa shape index (κ2) is 17.1. The van der Waals surface area contributed by atoms with E-state index >= 15 is 0 Å². The van der Waals surface area contributed by atoms with Gasteiger partial charge in [-0.2, -0.15) is 0 Å². The molecule has 0 saturated carbocycles. The van der Waals surface area contributed by atoms with Crippen molar-refractivity contribution < 1.29 is 0 Å². The average Bonchev–Trinajstić information content (AvgIpc) is 2.06. The highest BCUT2D eigenvalue weighted by Gasteiger charge is 1.81. The summed E-state index contributed by atoms with van der Waals surface area (Å²) in [4.78, 5) is 4.25. The molecule has 12 heavy (non-hydrogen) atoms. The lowest BCUT2D eigenvalue weighted by atomic mass is 10.6. The Balaban J connectivity index is -0.000000118. The van der Waals surface area contributed by atoms with Gasteiger partial charge in [0, 0.05) is 0 Å². The standard InChI is InChI=1S/C5H13N.C3H9N.C2H6/c1-4-6(3)5-2;1-4(2)3;1-2/h4-5H2,1-3H3;1-3H3;1-2H3. The molecule has 0 radical (unpaired) electrons. The maximum Gasteiger partial charge on any atom is -0.00504 e. The summed E-state index contributed by atoms with van der Waals surface area (Å²) < 4.78 is 0. The van der Waals surface area contributed by atoms with Crippen LogP contribution in [0.5, 0.6) is 0 Å². The van der Waals surface area contributed by atoms with Crippen molar-refractivity contribution in [2.75, 3.05) is 41.3 Å². The van der Waals surface area contributed by atoms with E-state index in [0.29, 0.717) is 0 Å². The Labute approximate surface area is 79.6 Å². The zero-order chi connectivity index (χ0) is 10.6. The summed E-state index contributed by atoms with van der Waals surface area (Å²) >= 11 is 0. The van der Waals surface area contributed by atoms with Crippen LogP contribution in [0.15, 0.2) is 0 Å². The summed E-state index contributed by atoms with van der Waals surface area (Å²) in [6.07, 6.45) is 0. The van der Waals surface area contributed by atoms with Crippen LogP contribution in [0.4, 0.5) is 0 Å². The summed E-state index contributed by atoms with van der Waals surface area (Å²) in [5.41, 5.74) is 0. The van der Waals surface area contributed by atoms with Crippen LogP contribution in [0.1, 0.15) is 27.7 Å². The van der Waals surface area contributed by atoms with Crippen LogP contribution in [-0.2, 0) is 0 Å². The fourth-order valence-corrected chi connectivity index (χ4v) is 0.224. The van der Waals surface area contributed by atoms with E-state index in [2.05, 4.69) is 25.8 Å². The van der Waals surface area contributed by atoms with Crippen LogP contribution >= 0.6 is 0 Å². The fraction of sp³-hybridized carbons (Fsp3) is 1.00. The summed E-state index contributed by atoms with van der Waals surface area (Å²) in [6.45, 7) is 10.6. The second-order valence-electron chi connectivity index (χ2n) is 2.83. The molecular weight excluding hydrogens is 148 g/mol. The number of nitrogens with zero attached hydrogens (tertiary/aromatic N) is 2. The topological polar surface area (TPSA) is 6.48 Å². The Hall–Kier alpha value is -0.0800. The minimum absolute atomic E-state index is 1.16. The largest absolute Gasteiger partial charge is 0.312 e. The van der Waals surface area contributed by atoms with Crippen molar-refractivity contribution in [3.8, 4) is 0 Å². The van der Waals surface area contributed by atoms with Gasteiger partial charge >= 0.3 is 0 Å². The molecule has 0 amide bonds. The number of hydrogen-bond acceptors (Lipinski definition) is 2. The van der Waals surface area contributed by atoms with Crippen molar-refractivity contribution in [2.45, 2.75) is 27.7 Å². The van der Waals surface area contributed by atoms with Crippen molar-refractivity contribution in [1.82, 2.24) is 9.80 Å². The first-order chi connectivity index (χ1) is 5.54. The Morgan fingerprint density at radius 1 is 0.750 bits per heavy atom. The molecule has 0 saturated heterocycles. The predicted octanol–water partition coefficient (Wildman–Crippen LogP) is 2.16. The molecule has 0 aliphatic carbocycles. The number of rotatable bonds is 2. The highest BCUT2D eigenvalue weighted by Crippen LogP contribution is 1.73. The normalized spacial score (nSPS) is 8.50. The highest BCUT2D eigenvalue weighted by molar-refractivity contribution is 4.36. The summed E-state index contributed by atoms with van der Waals surface area (Å²) in [5, 5.41) is 0. The van der Waals surface area contributed by atoms with Gasteiger partial charge in [0.2, 0.25) is 0 Å². The average molecular weight is 176 g/mol. The van der Waals surface area contributed by atoms with E-state index in [0.717, 1.165) is 13.1 Å². The third-order valence-electron chi connectivity index (χ3n) is 1.08.